The van der Waals surface area contributed by atoms with Crippen LogP contribution in [0.25, 0.3) is 6.08 Å². The number of thioether (sulfide) groups is 2. The second kappa shape index (κ2) is 10.4. The van der Waals surface area contributed by atoms with Gasteiger partial charge in [-0.05, 0) is 66.7 Å². The number of nitrogens with zero attached hydrogens (tertiary/aromatic N) is 3. The van der Waals surface area contributed by atoms with E-state index in [4.69, 9.17) is 16.7 Å². The lowest BCUT2D eigenvalue weighted by Gasteiger charge is -2.38. The molecular formula is C31H22ClN3O2S2. The molecule has 39 heavy (non-hydrogen) atoms. The Morgan fingerprint density at radius 3 is 2.13 bits per heavy atom. The zero-order valence-electron chi connectivity index (χ0n) is 20.8. The van der Waals surface area contributed by atoms with Crippen LogP contribution in [0, 0.1) is 6.92 Å². The molecule has 2 aliphatic rings. The van der Waals surface area contributed by atoms with Gasteiger partial charge < -0.3 is 0 Å². The van der Waals surface area contributed by atoms with Crippen molar-refractivity contribution in [1.29, 1.82) is 0 Å². The largest absolute Gasteiger partial charge is 0.286 e. The fourth-order valence-electron chi connectivity index (χ4n) is 4.39. The van der Waals surface area contributed by atoms with Crippen molar-refractivity contribution in [3.8, 4) is 0 Å². The van der Waals surface area contributed by atoms with Crippen LogP contribution < -0.4 is 9.91 Å². The summed E-state index contributed by atoms with van der Waals surface area (Å²) in [6, 6.07) is 33.8. The second-order valence-corrected chi connectivity index (χ2v) is 12.1. The van der Waals surface area contributed by atoms with Gasteiger partial charge in [-0.3, -0.25) is 14.5 Å². The number of rotatable bonds is 5. The molecule has 6 rings (SSSR count). The summed E-state index contributed by atoms with van der Waals surface area (Å²) in [4.78, 5) is 30.1. The molecule has 0 aromatic heterocycles. The van der Waals surface area contributed by atoms with Crippen molar-refractivity contribution in [2.75, 3.05) is 9.91 Å². The van der Waals surface area contributed by atoms with Crippen molar-refractivity contribution >= 4 is 69.3 Å². The maximum atomic E-state index is 14.2. The molecule has 1 saturated heterocycles. The first-order valence-electron chi connectivity index (χ1n) is 12.2. The Morgan fingerprint density at radius 2 is 1.46 bits per heavy atom. The number of hydrazone groups is 1. The number of halogens is 1. The van der Waals surface area contributed by atoms with Crippen LogP contribution in [0.1, 0.15) is 21.5 Å². The van der Waals surface area contributed by atoms with Crippen LogP contribution in [0.2, 0.25) is 5.02 Å². The highest BCUT2D eigenvalue weighted by molar-refractivity contribution is 8.29. The molecule has 2 heterocycles. The van der Waals surface area contributed by atoms with Gasteiger partial charge in [0.1, 0.15) is 0 Å². The van der Waals surface area contributed by atoms with Gasteiger partial charge >= 0.3 is 0 Å². The predicted molar refractivity (Wildman–Crippen MR) is 163 cm³/mol. The fraction of sp³-hybridized carbons (Fsp3) is 0.0645. The average molecular weight is 568 g/mol. The van der Waals surface area contributed by atoms with E-state index < -0.39 is 4.33 Å². The summed E-state index contributed by atoms with van der Waals surface area (Å²) < 4.78 is -1.11. The highest BCUT2D eigenvalue weighted by atomic mass is 35.5. The van der Waals surface area contributed by atoms with Crippen LogP contribution >= 0.6 is 35.1 Å². The van der Waals surface area contributed by atoms with Crippen molar-refractivity contribution in [1.82, 2.24) is 0 Å². The van der Waals surface area contributed by atoms with Gasteiger partial charge in [0, 0.05) is 16.3 Å². The van der Waals surface area contributed by atoms with E-state index in [0.717, 1.165) is 11.1 Å². The van der Waals surface area contributed by atoms with Crippen LogP contribution in [0.3, 0.4) is 0 Å². The van der Waals surface area contributed by atoms with E-state index in [1.807, 2.05) is 97.9 Å². The molecule has 0 saturated carbocycles. The van der Waals surface area contributed by atoms with Crippen molar-refractivity contribution in [3.05, 3.63) is 136 Å². The summed E-state index contributed by atoms with van der Waals surface area (Å²) in [5.74, 6) is -0.365. The van der Waals surface area contributed by atoms with Gasteiger partial charge in [0.05, 0.1) is 10.6 Å². The number of Topliss-reactive ketones (excluding diaryl/α,β-unsaturated/α-hetero) is 1. The van der Waals surface area contributed by atoms with Crippen molar-refractivity contribution in [3.63, 3.8) is 0 Å². The summed E-state index contributed by atoms with van der Waals surface area (Å²) in [6.07, 6.45) is 1.90. The van der Waals surface area contributed by atoms with Gasteiger partial charge in [-0.1, -0.05) is 102 Å². The number of carbonyl (C=O) groups excluding carboxylic acids is 2. The molecule has 0 radical (unpaired) electrons. The molecule has 1 atom stereocenters. The number of ketones is 1. The summed E-state index contributed by atoms with van der Waals surface area (Å²) in [6.45, 7) is 2.03. The molecule has 1 fully saturated rings. The van der Waals surface area contributed by atoms with Gasteiger partial charge in [0.15, 0.2) is 5.04 Å². The van der Waals surface area contributed by atoms with Crippen LogP contribution in [0.5, 0.6) is 0 Å². The molecule has 1 spiro atoms. The van der Waals surface area contributed by atoms with E-state index in [-0.39, 0.29) is 11.7 Å². The zero-order valence-corrected chi connectivity index (χ0v) is 23.2. The highest BCUT2D eigenvalue weighted by Crippen LogP contribution is 2.59. The van der Waals surface area contributed by atoms with Crippen LogP contribution in [-0.2, 0) is 4.79 Å². The number of carbonyl (C=O) groups is 2. The lowest BCUT2D eigenvalue weighted by molar-refractivity contribution is -0.114. The summed E-state index contributed by atoms with van der Waals surface area (Å²) in [5, 5.41) is 7.48. The Balaban J connectivity index is 1.51. The van der Waals surface area contributed by atoms with E-state index in [2.05, 4.69) is 0 Å². The fourth-order valence-corrected chi connectivity index (χ4v) is 7.46. The standard InChI is InChI=1S/C31H22ClN3O2S2/c1-21-12-14-22(15-13-21)20-27-30(37)34(25-10-6-3-7-11-25)31(38-27)35(26-18-16-24(32)17-19-26)33-29(39-31)28(36)23-8-4-2-5-9-23/h2-20H,1H3/b27-20+/t31-/m1/s1. The maximum absolute atomic E-state index is 14.2. The number of anilines is 2. The molecule has 0 unspecified atom stereocenters. The lowest BCUT2D eigenvalue weighted by atomic mass is 10.1. The van der Waals surface area contributed by atoms with Crippen molar-refractivity contribution < 1.29 is 9.59 Å². The van der Waals surface area contributed by atoms with E-state index in [1.165, 1.54) is 23.5 Å². The minimum absolute atomic E-state index is 0.165. The summed E-state index contributed by atoms with van der Waals surface area (Å²) >= 11 is 8.86. The lowest BCUT2D eigenvalue weighted by Crippen LogP contribution is -2.51. The first kappa shape index (κ1) is 25.5. The van der Waals surface area contributed by atoms with Gasteiger partial charge in [-0.2, -0.15) is 5.10 Å². The quantitative estimate of drug-likeness (QED) is 0.182. The Labute approximate surface area is 240 Å². The molecule has 4 aromatic rings. The van der Waals surface area contributed by atoms with Crippen molar-refractivity contribution in [2.24, 2.45) is 5.10 Å². The zero-order chi connectivity index (χ0) is 27.0. The monoisotopic (exact) mass is 567 g/mol. The minimum atomic E-state index is -1.11. The molecular weight excluding hydrogens is 546 g/mol. The molecule has 0 bridgehead atoms. The Kier molecular flexibility index (Phi) is 6.81. The third kappa shape index (κ3) is 4.78. The Hall–Kier alpha value is -3.78. The van der Waals surface area contributed by atoms with Gasteiger partial charge in [-0.15, -0.1) is 0 Å². The number of hydrogen-bond donors (Lipinski definition) is 0. The number of benzene rings is 4. The van der Waals surface area contributed by atoms with Crippen LogP contribution in [0.15, 0.2) is 119 Å². The molecule has 0 aliphatic carbocycles. The maximum Gasteiger partial charge on any atom is 0.268 e. The second-order valence-electron chi connectivity index (χ2n) is 9.04. The van der Waals surface area contributed by atoms with Gasteiger partial charge in [0.2, 0.25) is 10.1 Å². The molecule has 192 valence electrons. The van der Waals surface area contributed by atoms with E-state index >= 15 is 0 Å². The number of hydrogen-bond acceptors (Lipinski definition) is 6. The van der Waals surface area contributed by atoms with E-state index in [1.54, 1.807) is 34.2 Å². The molecule has 0 N–H and O–H groups in total. The first-order valence-corrected chi connectivity index (χ1v) is 14.3. The Bertz CT molecular complexity index is 1610. The number of aryl methyl sites for hydroxylation is 1. The third-order valence-electron chi connectivity index (χ3n) is 6.32. The van der Waals surface area contributed by atoms with Gasteiger partial charge in [0.25, 0.3) is 5.91 Å². The number of para-hydroxylation sites is 1. The first-order chi connectivity index (χ1) is 18.9. The SMILES string of the molecule is Cc1ccc(/C=C2/S[C@@]3(SC(C(=O)c4ccccc4)=NN3c3ccc(Cl)cc3)N(c3ccccc3)C2=O)cc1. The summed E-state index contributed by atoms with van der Waals surface area (Å²) in [7, 11) is 0. The highest BCUT2D eigenvalue weighted by Gasteiger charge is 2.60. The minimum Gasteiger partial charge on any atom is -0.286 e. The van der Waals surface area contributed by atoms with E-state index in [9.17, 15) is 9.59 Å². The average Bonchev–Trinajstić information content (AvgIpc) is 3.47. The topological polar surface area (TPSA) is 53.0 Å². The van der Waals surface area contributed by atoms with E-state index in [0.29, 0.717) is 31.9 Å². The van der Waals surface area contributed by atoms with Crippen LogP contribution in [0.4, 0.5) is 11.4 Å². The normalized spacial score (nSPS) is 19.7. The van der Waals surface area contributed by atoms with Crippen molar-refractivity contribution in [2.45, 2.75) is 11.3 Å². The van der Waals surface area contributed by atoms with Gasteiger partial charge in [-0.25, -0.2) is 5.01 Å². The van der Waals surface area contributed by atoms with Crippen LogP contribution in [-0.4, -0.2) is 21.1 Å². The Morgan fingerprint density at radius 1 is 0.821 bits per heavy atom. The smallest absolute Gasteiger partial charge is 0.268 e. The molecule has 2 aliphatic heterocycles. The predicted octanol–water partition coefficient (Wildman–Crippen LogP) is 7.83. The molecule has 4 aromatic carbocycles. The third-order valence-corrected chi connectivity index (χ3v) is 9.29. The molecule has 8 heteroatoms. The number of amides is 1. The molecule has 1 amide bonds. The molecule has 5 nitrogen and oxygen atoms in total. The summed E-state index contributed by atoms with van der Waals surface area (Å²) in [5.41, 5.74) is 4.01.